The zero-order chi connectivity index (χ0) is 22.1. The summed E-state index contributed by atoms with van der Waals surface area (Å²) in [5.41, 5.74) is 1.93. The van der Waals surface area contributed by atoms with E-state index in [2.05, 4.69) is 10.3 Å². The second kappa shape index (κ2) is 8.77. The molecule has 0 bridgehead atoms. The van der Waals surface area contributed by atoms with Crippen molar-refractivity contribution in [1.29, 1.82) is 0 Å². The summed E-state index contributed by atoms with van der Waals surface area (Å²) in [6.07, 6.45) is 0.957. The number of thiazole rings is 1. The quantitative estimate of drug-likeness (QED) is 0.798. The minimum atomic E-state index is -0.570. The fourth-order valence-electron chi connectivity index (χ4n) is 3.52. The number of nitrogens with one attached hydrogen (secondary N) is 1. The van der Waals surface area contributed by atoms with Crippen LogP contribution in [0.25, 0.3) is 5.13 Å². The first-order chi connectivity index (χ1) is 14.1. The largest absolute Gasteiger partial charge is 0.444 e. The second-order valence-corrected chi connectivity index (χ2v) is 9.40. The molecule has 1 aliphatic heterocycles. The highest BCUT2D eigenvalue weighted by molar-refractivity contribution is 7.12. The molecular weight excluding hydrogens is 404 g/mol. The lowest BCUT2D eigenvalue weighted by molar-refractivity contribution is -0.0371. The summed E-state index contributed by atoms with van der Waals surface area (Å²) in [5.74, 6) is -0.0383. The molecule has 0 unspecified atom stereocenters. The number of ether oxygens (including phenoxy) is 2. The van der Waals surface area contributed by atoms with Crippen LogP contribution in [-0.4, -0.2) is 63.9 Å². The van der Waals surface area contributed by atoms with Gasteiger partial charge in [-0.2, -0.15) is 0 Å². The molecule has 3 rings (SSSR count). The van der Waals surface area contributed by atoms with Gasteiger partial charge in [-0.05, 0) is 47.6 Å². The monoisotopic (exact) mass is 434 g/mol. The predicted octanol–water partition coefficient (Wildman–Crippen LogP) is 3.30. The van der Waals surface area contributed by atoms with Crippen LogP contribution in [0.4, 0.5) is 4.79 Å². The Morgan fingerprint density at radius 2 is 2.10 bits per heavy atom. The summed E-state index contributed by atoms with van der Waals surface area (Å²) in [6.45, 7) is 12.5. The first-order valence-corrected chi connectivity index (χ1v) is 10.9. The van der Waals surface area contributed by atoms with Crippen LogP contribution in [0.15, 0.2) is 17.6 Å². The lowest BCUT2D eigenvalue weighted by Crippen LogP contribution is -2.54. The fourth-order valence-corrected chi connectivity index (χ4v) is 4.27. The van der Waals surface area contributed by atoms with E-state index < -0.39 is 11.7 Å². The van der Waals surface area contributed by atoms with E-state index in [0.29, 0.717) is 25.3 Å². The van der Waals surface area contributed by atoms with Gasteiger partial charge in [0.1, 0.15) is 5.60 Å². The third-order valence-corrected chi connectivity index (χ3v) is 5.71. The van der Waals surface area contributed by atoms with Gasteiger partial charge in [-0.15, -0.1) is 11.3 Å². The van der Waals surface area contributed by atoms with Crippen molar-refractivity contribution in [3.05, 3.63) is 34.6 Å². The standard InChI is InChI=1S/C21H30N4O4S/c1-13-11-16(15(3)25(13)19-22-7-10-30-19)18(26)24-8-9-28-17(12-24)14(2)23-20(27)29-21(4,5)6/h7,10-11,14,17H,8-9,12H2,1-6H3,(H,23,27)/t14-,17-/m0/s1. The van der Waals surface area contributed by atoms with Gasteiger partial charge in [-0.25, -0.2) is 9.78 Å². The van der Waals surface area contributed by atoms with Gasteiger partial charge in [-0.3, -0.25) is 9.36 Å². The lowest BCUT2D eigenvalue weighted by Gasteiger charge is -2.36. The van der Waals surface area contributed by atoms with Crippen LogP contribution in [0.5, 0.6) is 0 Å². The number of morpholine rings is 1. The lowest BCUT2D eigenvalue weighted by atomic mass is 10.1. The van der Waals surface area contributed by atoms with E-state index >= 15 is 0 Å². The van der Waals surface area contributed by atoms with Gasteiger partial charge in [0.05, 0.1) is 24.3 Å². The van der Waals surface area contributed by atoms with E-state index in [1.165, 1.54) is 11.3 Å². The molecule has 8 nitrogen and oxygen atoms in total. The van der Waals surface area contributed by atoms with E-state index in [1.807, 2.05) is 57.6 Å². The molecule has 0 radical (unpaired) electrons. The number of aryl methyl sites for hydroxylation is 1. The number of aromatic nitrogens is 2. The minimum absolute atomic E-state index is 0.0383. The Kier molecular flexibility index (Phi) is 6.52. The highest BCUT2D eigenvalue weighted by Crippen LogP contribution is 2.24. The second-order valence-electron chi connectivity index (χ2n) is 8.53. The maximum absolute atomic E-state index is 13.3. The van der Waals surface area contributed by atoms with Crippen LogP contribution >= 0.6 is 11.3 Å². The predicted molar refractivity (Wildman–Crippen MR) is 115 cm³/mol. The number of amides is 2. The van der Waals surface area contributed by atoms with Gasteiger partial charge < -0.3 is 19.7 Å². The molecule has 164 valence electrons. The average molecular weight is 435 g/mol. The fraction of sp³-hybridized carbons (Fsp3) is 0.571. The number of rotatable bonds is 4. The summed E-state index contributed by atoms with van der Waals surface area (Å²) < 4.78 is 13.1. The smallest absolute Gasteiger partial charge is 0.407 e. The molecule has 2 aromatic heterocycles. The molecule has 3 heterocycles. The molecule has 0 aliphatic carbocycles. The van der Waals surface area contributed by atoms with Crippen molar-refractivity contribution >= 4 is 23.3 Å². The van der Waals surface area contributed by atoms with Crippen molar-refractivity contribution in [2.75, 3.05) is 19.7 Å². The SMILES string of the molecule is Cc1cc(C(=O)N2CCO[C@H]([C@H](C)NC(=O)OC(C)(C)C)C2)c(C)n1-c1nccs1. The van der Waals surface area contributed by atoms with Gasteiger partial charge in [0.2, 0.25) is 0 Å². The third-order valence-electron chi connectivity index (χ3n) is 4.95. The number of hydrogen-bond donors (Lipinski definition) is 1. The molecular formula is C21H30N4O4S. The molecule has 0 saturated carbocycles. The van der Waals surface area contributed by atoms with Gasteiger partial charge in [0.25, 0.3) is 5.91 Å². The van der Waals surface area contributed by atoms with Crippen molar-refractivity contribution in [2.45, 2.75) is 59.3 Å². The van der Waals surface area contributed by atoms with E-state index in [1.54, 1.807) is 11.1 Å². The Labute approximate surface area is 181 Å². The van der Waals surface area contributed by atoms with Gasteiger partial charge >= 0.3 is 6.09 Å². The maximum Gasteiger partial charge on any atom is 0.407 e. The first kappa shape index (κ1) is 22.3. The first-order valence-electron chi connectivity index (χ1n) is 10.1. The Hall–Kier alpha value is -2.39. The summed E-state index contributed by atoms with van der Waals surface area (Å²) in [5, 5.41) is 5.58. The van der Waals surface area contributed by atoms with Crippen molar-refractivity contribution in [3.63, 3.8) is 0 Å². The van der Waals surface area contributed by atoms with Crippen LogP contribution in [0.2, 0.25) is 0 Å². The summed E-state index contributed by atoms with van der Waals surface area (Å²) in [7, 11) is 0. The number of alkyl carbamates (subject to hydrolysis) is 1. The molecule has 2 aromatic rings. The van der Waals surface area contributed by atoms with E-state index in [0.717, 1.165) is 16.5 Å². The zero-order valence-electron chi connectivity index (χ0n) is 18.4. The van der Waals surface area contributed by atoms with E-state index in [9.17, 15) is 9.59 Å². The molecule has 0 aromatic carbocycles. The molecule has 9 heteroatoms. The third kappa shape index (κ3) is 5.02. The molecule has 30 heavy (non-hydrogen) atoms. The van der Waals surface area contributed by atoms with E-state index in [4.69, 9.17) is 9.47 Å². The molecule has 2 amide bonds. The molecule has 2 atom stereocenters. The summed E-state index contributed by atoms with van der Waals surface area (Å²) in [4.78, 5) is 31.5. The maximum atomic E-state index is 13.3. The summed E-state index contributed by atoms with van der Waals surface area (Å²) >= 11 is 1.53. The van der Waals surface area contributed by atoms with Crippen LogP contribution in [-0.2, 0) is 9.47 Å². The Balaban J connectivity index is 1.69. The van der Waals surface area contributed by atoms with Crippen molar-refractivity contribution in [1.82, 2.24) is 19.8 Å². The topological polar surface area (TPSA) is 85.7 Å². The molecule has 1 aliphatic rings. The Bertz CT molecular complexity index is 901. The average Bonchev–Trinajstić information content (AvgIpc) is 3.27. The van der Waals surface area contributed by atoms with Crippen LogP contribution < -0.4 is 5.32 Å². The van der Waals surface area contributed by atoms with Gasteiger partial charge in [0.15, 0.2) is 5.13 Å². The Morgan fingerprint density at radius 1 is 1.37 bits per heavy atom. The molecule has 0 spiro atoms. The van der Waals surface area contributed by atoms with Crippen LogP contribution in [0, 0.1) is 13.8 Å². The van der Waals surface area contributed by atoms with Crippen LogP contribution in [0.3, 0.4) is 0 Å². The molecule has 1 saturated heterocycles. The van der Waals surface area contributed by atoms with E-state index in [-0.39, 0.29) is 18.1 Å². The van der Waals surface area contributed by atoms with Crippen LogP contribution in [0.1, 0.15) is 49.4 Å². The number of carbonyl (C=O) groups is 2. The van der Waals surface area contributed by atoms with Gasteiger partial charge in [-0.1, -0.05) is 0 Å². The van der Waals surface area contributed by atoms with Crippen molar-refractivity contribution in [2.24, 2.45) is 0 Å². The highest BCUT2D eigenvalue weighted by atomic mass is 32.1. The number of carbonyl (C=O) groups excluding carboxylic acids is 2. The van der Waals surface area contributed by atoms with Crippen molar-refractivity contribution in [3.8, 4) is 5.13 Å². The summed E-state index contributed by atoms with van der Waals surface area (Å²) in [6, 6.07) is 1.62. The Morgan fingerprint density at radius 3 is 2.73 bits per heavy atom. The number of nitrogens with zero attached hydrogens (tertiary/aromatic N) is 3. The zero-order valence-corrected chi connectivity index (χ0v) is 19.2. The molecule has 1 N–H and O–H groups in total. The highest BCUT2D eigenvalue weighted by Gasteiger charge is 2.32. The number of hydrogen-bond acceptors (Lipinski definition) is 6. The molecule has 1 fully saturated rings. The van der Waals surface area contributed by atoms with Gasteiger partial charge in [0, 0.05) is 36.1 Å². The minimum Gasteiger partial charge on any atom is -0.444 e. The normalized spacial score (nSPS) is 18.2. The van der Waals surface area contributed by atoms with Crippen molar-refractivity contribution < 1.29 is 19.1 Å².